The Hall–Kier alpha value is -6.76. The largest absolute Gasteiger partial charge is 0.457 e. The summed E-state index contributed by atoms with van der Waals surface area (Å²) < 4.78 is 6.56. The Morgan fingerprint density at radius 3 is 1.85 bits per heavy atom. The molecule has 0 unspecified atom stereocenters. The maximum atomic E-state index is 6.56. The molecule has 9 rings (SSSR count). The van der Waals surface area contributed by atoms with Crippen molar-refractivity contribution < 1.29 is 4.74 Å². The number of para-hydroxylation sites is 2. The van der Waals surface area contributed by atoms with Crippen molar-refractivity contribution >= 4 is 11.5 Å². The standard InChI is InChI=1S/C47H34N2O.C4H6/c1-32(34-17-4-2-5-18-34)49-46(48-31-33-16-14-21-36(30-33)35-19-6-3-7-20-35)38-23-15-27-42-45(38)37-22-8-9-24-39(37)47(42)40-25-10-12-28-43(40)50-44-29-13-11-26-41(44)47;1-3-4-2/h2-30H,31H2,1H3;1H,4H2,2H3. The normalized spacial score (nSPS) is 13.3. The number of fused-ring (bicyclic) bond motifs is 9. The van der Waals surface area contributed by atoms with Crippen LogP contribution in [0.3, 0.4) is 0 Å². The van der Waals surface area contributed by atoms with E-state index < -0.39 is 5.41 Å². The zero-order valence-corrected chi connectivity index (χ0v) is 30.5. The van der Waals surface area contributed by atoms with Crippen LogP contribution in [0.1, 0.15) is 59.2 Å². The minimum absolute atomic E-state index is 0.498. The van der Waals surface area contributed by atoms with Gasteiger partial charge < -0.3 is 4.74 Å². The van der Waals surface area contributed by atoms with Gasteiger partial charge in [-0.3, -0.25) is 4.99 Å². The molecule has 0 aromatic heterocycles. The number of terminal acetylenes is 1. The number of ether oxygens (including phenoxy) is 1. The fourth-order valence-corrected chi connectivity index (χ4v) is 7.82. The predicted octanol–water partition coefficient (Wildman–Crippen LogP) is 12.3. The van der Waals surface area contributed by atoms with Crippen molar-refractivity contribution in [3.63, 3.8) is 0 Å². The van der Waals surface area contributed by atoms with Crippen LogP contribution in [0.25, 0.3) is 22.3 Å². The molecule has 7 aromatic carbocycles. The van der Waals surface area contributed by atoms with E-state index in [-0.39, 0.29) is 0 Å². The van der Waals surface area contributed by atoms with Crippen molar-refractivity contribution in [2.75, 3.05) is 0 Å². The lowest BCUT2D eigenvalue weighted by molar-refractivity contribution is 0.436. The summed E-state index contributed by atoms with van der Waals surface area (Å²) >= 11 is 0. The molecule has 0 radical (unpaired) electrons. The topological polar surface area (TPSA) is 34.0 Å². The number of hydrogen-bond acceptors (Lipinski definition) is 2. The average Bonchev–Trinajstić information content (AvgIpc) is 3.54. The fraction of sp³-hybridized carbons (Fsp3) is 0.0980. The van der Waals surface area contributed by atoms with Crippen molar-refractivity contribution in [3.8, 4) is 46.1 Å². The van der Waals surface area contributed by atoms with Crippen LogP contribution in [-0.4, -0.2) is 11.5 Å². The molecule has 0 bridgehead atoms. The molecule has 0 amide bonds. The summed E-state index contributed by atoms with van der Waals surface area (Å²) in [6.45, 7) is 4.52. The van der Waals surface area contributed by atoms with Crippen LogP contribution in [0.5, 0.6) is 11.5 Å². The lowest BCUT2D eigenvalue weighted by Crippen LogP contribution is -2.32. The fourth-order valence-electron chi connectivity index (χ4n) is 7.82. The highest BCUT2D eigenvalue weighted by molar-refractivity contribution is 6.15. The van der Waals surface area contributed by atoms with E-state index in [0.29, 0.717) is 12.4 Å². The van der Waals surface area contributed by atoms with Crippen LogP contribution in [0.2, 0.25) is 0 Å². The van der Waals surface area contributed by atoms with Crippen LogP contribution in [0.4, 0.5) is 0 Å². The molecule has 7 aromatic rings. The number of amidine groups is 1. The summed E-state index contributed by atoms with van der Waals surface area (Å²) in [5.74, 6) is 4.91. The number of benzene rings is 7. The monoisotopic (exact) mass is 696 g/mol. The van der Waals surface area contributed by atoms with Crippen molar-refractivity contribution in [1.82, 2.24) is 0 Å². The quantitative estimate of drug-likeness (QED) is 0.100. The van der Waals surface area contributed by atoms with Crippen LogP contribution < -0.4 is 4.74 Å². The molecule has 1 spiro atoms. The van der Waals surface area contributed by atoms with Gasteiger partial charge in [0.15, 0.2) is 5.84 Å². The number of aliphatic imine (C=N–C) groups is 2. The van der Waals surface area contributed by atoms with Crippen LogP contribution in [0.15, 0.2) is 186 Å². The summed E-state index contributed by atoms with van der Waals surface area (Å²) in [5.41, 5.74) is 13.0. The van der Waals surface area contributed by atoms with Gasteiger partial charge in [0.05, 0.1) is 12.0 Å². The second-order valence-corrected chi connectivity index (χ2v) is 13.4. The van der Waals surface area contributed by atoms with Gasteiger partial charge >= 0.3 is 0 Å². The molecule has 260 valence electrons. The molecule has 0 saturated carbocycles. The average molecular weight is 697 g/mol. The highest BCUT2D eigenvalue weighted by Crippen LogP contribution is 2.62. The van der Waals surface area contributed by atoms with Crippen molar-refractivity contribution in [1.29, 1.82) is 0 Å². The van der Waals surface area contributed by atoms with Crippen molar-refractivity contribution in [2.45, 2.75) is 32.2 Å². The van der Waals surface area contributed by atoms with Gasteiger partial charge in [0, 0.05) is 28.8 Å². The number of nitrogens with zero attached hydrogens (tertiary/aromatic N) is 2. The van der Waals surface area contributed by atoms with Gasteiger partial charge in [0.2, 0.25) is 0 Å². The molecular weight excluding hydrogens is 657 g/mol. The van der Waals surface area contributed by atoms with E-state index in [1.54, 1.807) is 0 Å². The minimum atomic E-state index is -0.555. The van der Waals surface area contributed by atoms with Crippen LogP contribution >= 0.6 is 0 Å². The first-order valence-electron chi connectivity index (χ1n) is 18.5. The van der Waals surface area contributed by atoms with Crippen molar-refractivity contribution in [3.05, 3.63) is 215 Å². The zero-order valence-electron chi connectivity index (χ0n) is 30.5. The SMILES string of the molecule is C#CCC.CC(=NC(=NCc1cccc(-c2ccccc2)c1)c1cccc2c1-c1ccccc1C21c2ccccc2Oc2ccccc21)c1ccccc1. The Bertz CT molecular complexity index is 2510. The van der Waals surface area contributed by atoms with Gasteiger partial charge in [0.25, 0.3) is 0 Å². The first-order chi connectivity index (χ1) is 26.6. The number of rotatable bonds is 5. The zero-order chi connectivity index (χ0) is 36.9. The maximum Gasteiger partial charge on any atom is 0.155 e. The highest BCUT2D eigenvalue weighted by Gasteiger charge is 2.51. The van der Waals surface area contributed by atoms with Crippen LogP contribution in [-0.2, 0) is 12.0 Å². The van der Waals surface area contributed by atoms with Gasteiger partial charge in [-0.1, -0.05) is 165 Å². The van der Waals surface area contributed by atoms with Gasteiger partial charge in [-0.15, -0.1) is 12.3 Å². The summed E-state index contributed by atoms with van der Waals surface area (Å²) in [7, 11) is 0. The lowest BCUT2D eigenvalue weighted by atomic mass is 9.66. The second kappa shape index (κ2) is 15.1. The Labute approximate surface area is 318 Å². The molecule has 3 nitrogen and oxygen atoms in total. The third-order valence-corrected chi connectivity index (χ3v) is 10.2. The van der Waals surface area contributed by atoms with E-state index in [1.165, 1.54) is 27.8 Å². The third-order valence-electron chi connectivity index (χ3n) is 10.2. The molecule has 0 atom stereocenters. The number of hydrogen-bond donors (Lipinski definition) is 0. The van der Waals surface area contributed by atoms with E-state index in [9.17, 15) is 0 Å². The molecule has 3 heteroatoms. The summed E-state index contributed by atoms with van der Waals surface area (Å²) in [6, 6.07) is 61.9. The summed E-state index contributed by atoms with van der Waals surface area (Å²) in [6.07, 6.45) is 5.62. The van der Waals surface area contributed by atoms with Gasteiger partial charge in [-0.05, 0) is 69.6 Å². The van der Waals surface area contributed by atoms with E-state index in [4.69, 9.17) is 21.1 Å². The Kier molecular flexibility index (Phi) is 9.58. The molecule has 2 aliphatic rings. The lowest BCUT2D eigenvalue weighted by Gasteiger charge is -2.39. The Morgan fingerprint density at radius 2 is 1.17 bits per heavy atom. The smallest absolute Gasteiger partial charge is 0.155 e. The first-order valence-corrected chi connectivity index (χ1v) is 18.5. The van der Waals surface area contributed by atoms with E-state index in [1.807, 2.05) is 13.0 Å². The second-order valence-electron chi connectivity index (χ2n) is 13.4. The van der Waals surface area contributed by atoms with Gasteiger partial charge in [-0.25, -0.2) is 4.99 Å². The van der Waals surface area contributed by atoms with Crippen LogP contribution in [0, 0.1) is 12.3 Å². The highest BCUT2D eigenvalue weighted by atomic mass is 16.5. The minimum Gasteiger partial charge on any atom is -0.457 e. The molecule has 0 saturated heterocycles. The molecule has 0 fully saturated rings. The molecule has 1 aliphatic heterocycles. The summed E-state index contributed by atoms with van der Waals surface area (Å²) in [4.78, 5) is 10.7. The van der Waals surface area contributed by atoms with E-state index >= 15 is 0 Å². The molecular formula is C51H40N2O. The van der Waals surface area contributed by atoms with E-state index in [2.05, 4.69) is 183 Å². The predicted molar refractivity (Wildman–Crippen MR) is 224 cm³/mol. The van der Waals surface area contributed by atoms with Gasteiger partial charge in [-0.2, -0.15) is 0 Å². The van der Waals surface area contributed by atoms with Crippen molar-refractivity contribution in [2.24, 2.45) is 9.98 Å². The molecule has 0 N–H and O–H groups in total. The Balaban J connectivity index is 0.000000987. The third kappa shape index (κ3) is 6.12. The Morgan fingerprint density at radius 1 is 0.611 bits per heavy atom. The molecule has 1 heterocycles. The summed E-state index contributed by atoms with van der Waals surface area (Å²) in [5, 5.41) is 0. The maximum absolute atomic E-state index is 6.56. The molecule has 1 aliphatic carbocycles. The first kappa shape index (κ1) is 34.3. The van der Waals surface area contributed by atoms with E-state index in [0.717, 1.165) is 57.0 Å². The molecule has 54 heavy (non-hydrogen) atoms. The van der Waals surface area contributed by atoms with Gasteiger partial charge in [0.1, 0.15) is 11.5 Å².